The predicted octanol–water partition coefficient (Wildman–Crippen LogP) is -0.656. The summed E-state index contributed by atoms with van der Waals surface area (Å²) in [6.45, 7) is 1.94. The van der Waals surface area contributed by atoms with E-state index >= 15 is 0 Å². The molecular weight excluding hydrogens is 292 g/mol. The molecule has 0 unspecified atom stereocenters. The van der Waals surface area contributed by atoms with Gasteiger partial charge in [-0.05, 0) is 19.8 Å². The molecule has 1 fully saturated rings. The van der Waals surface area contributed by atoms with Crippen molar-refractivity contribution in [3.8, 4) is 5.88 Å². The molecular formula is C14H22N2O6. The predicted molar refractivity (Wildman–Crippen MR) is 76.7 cm³/mol. The third kappa shape index (κ3) is 3.83. The molecule has 22 heavy (non-hydrogen) atoms. The lowest BCUT2D eigenvalue weighted by Gasteiger charge is -2.16. The number of rotatable bonds is 7. The lowest BCUT2D eigenvalue weighted by atomic mass is 10.2. The van der Waals surface area contributed by atoms with Crippen LogP contribution in [0.5, 0.6) is 5.88 Å². The monoisotopic (exact) mass is 314 g/mol. The summed E-state index contributed by atoms with van der Waals surface area (Å²) in [6.07, 6.45) is 0.970. The van der Waals surface area contributed by atoms with Gasteiger partial charge in [0.2, 0.25) is 5.88 Å². The lowest BCUT2D eigenvalue weighted by molar-refractivity contribution is -0.0460. The molecule has 1 aliphatic rings. The Morgan fingerprint density at radius 3 is 2.86 bits per heavy atom. The molecule has 3 N–H and O–H groups in total. The lowest BCUT2D eigenvalue weighted by Crippen LogP contribution is -2.28. The fraction of sp³-hybridized carbons (Fsp3) is 0.714. The molecule has 2 rings (SSSR count). The van der Waals surface area contributed by atoms with E-state index in [1.807, 2.05) is 0 Å². The number of nitrogens with zero attached hydrogens (tertiary/aromatic N) is 2. The van der Waals surface area contributed by atoms with Crippen LogP contribution < -0.4 is 10.4 Å². The van der Waals surface area contributed by atoms with Crippen LogP contribution >= 0.6 is 0 Å². The average Bonchev–Trinajstić information content (AvgIpc) is 2.87. The van der Waals surface area contributed by atoms with E-state index < -0.39 is 24.1 Å². The first kappa shape index (κ1) is 16.9. The highest BCUT2D eigenvalue weighted by Crippen LogP contribution is 2.28. The average molecular weight is 314 g/mol. The largest absolute Gasteiger partial charge is 0.477 e. The highest BCUT2D eigenvalue weighted by molar-refractivity contribution is 5.20. The summed E-state index contributed by atoms with van der Waals surface area (Å²) in [7, 11) is 0. The Hall–Kier alpha value is -1.48. The van der Waals surface area contributed by atoms with Crippen LogP contribution in [0, 0.1) is 6.92 Å². The van der Waals surface area contributed by atoms with E-state index in [0.717, 1.165) is 0 Å². The summed E-state index contributed by atoms with van der Waals surface area (Å²) in [5, 5.41) is 27.5. The fourth-order valence-corrected chi connectivity index (χ4v) is 2.34. The van der Waals surface area contributed by atoms with Crippen molar-refractivity contribution >= 4 is 0 Å². The van der Waals surface area contributed by atoms with Crippen LogP contribution in [0.2, 0.25) is 0 Å². The van der Waals surface area contributed by atoms with E-state index in [0.29, 0.717) is 25.0 Å². The minimum Gasteiger partial charge on any atom is -0.477 e. The van der Waals surface area contributed by atoms with Gasteiger partial charge in [0.1, 0.15) is 12.3 Å². The summed E-state index contributed by atoms with van der Waals surface area (Å²) in [4.78, 5) is 16.0. The minimum absolute atomic E-state index is 0.102. The van der Waals surface area contributed by atoms with Crippen LogP contribution in [-0.4, -0.2) is 56.9 Å². The highest BCUT2D eigenvalue weighted by atomic mass is 16.5. The molecule has 0 amide bonds. The molecule has 0 bridgehead atoms. The number of aryl methyl sites for hydroxylation is 1. The molecule has 8 nitrogen and oxygen atoms in total. The highest BCUT2D eigenvalue weighted by Gasteiger charge is 2.35. The standard InChI is InChI=1S/C14H22N2O6/c1-9-7-16(12-6-10(19)11(8-18)22-12)14(20)15-13(9)21-5-3-2-4-17/h7,10-12,17-19H,2-6,8H2,1H3/t10-,11+,12+/m0/s1. The van der Waals surface area contributed by atoms with E-state index in [-0.39, 0.29) is 25.5 Å². The second kappa shape index (κ2) is 7.68. The number of hydrogen-bond donors (Lipinski definition) is 3. The van der Waals surface area contributed by atoms with Crippen molar-refractivity contribution < 1.29 is 24.8 Å². The molecule has 3 atom stereocenters. The number of hydrogen-bond acceptors (Lipinski definition) is 7. The molecule has 0 aromatic carbocycles. The van der Waals surface area contributed by atoms with E-state index in [1.165, 1.54) is 4.57 Å². The maximum atomic E-state index is 12.1. The quantitative estimate of drug-likeness (QED) is 0.573. The molecule has 0 aliphatic carbocycles. The third-order valence-corrected chi connectivity index (χ3v) is 3.57. The van der Waals surface area contributed by atoms with Gasteiger partial charge in [-0.3, -0.25) is 4.57 Å². The molecule has 1 saturated heterocycles. The Balaban J connectivity index is 2.08. The number of aliphatic hydroxyl groups is 3. The number of ether oxygens (including phenoxy) is 2. The van der Waals surface area contributed by atoms with Crippen molar-refractivity contribution in [3.05, 3.63) is 22.2 Å². The van der Waals surface area contributed by atoms with Gasteiger partial charge >= 0.3 is 5.69 Å². The fourth-order valence-electron chi connectivity index (χ4n) is 2.34. The maximum Gasteiger partial charge on any atom is 0.352 e. The van der Waals surface area contributed by atoms with Crippen LogP contribution in [-0.2, 0) is 4.74 Å². The van der Waals surface area contributed by atoms with Gasteiger partial charge in [0, 0.05) is 24.8 Å². The zero-order chi connectivity index (χ0) is 16.1. The molecule has 1 aromatic rings. The first-order valence-electron chi connectivity index (χ1n) is 7.34. The van der Waals surface area contributed by atoms with Gasteiger partial charge in [0.25, 0.3) is 0 Å². The van der Waals surface area contributed by atoms with Gasteiger partial charge < -0.3 is 24.8 Å². The molecule has 0 spiro atoms. The first-order chi connectivity index (χ1) is 10.6. The summed E-state index contributed by atoms with van der Waals surface area (Å²) in [5.74, 6) is 0.261. The van der Waals surface area contributed by atoms with E-state index in [2.05, 4.69) is 4.98 Å². The van der Waals surface area contributed by atoms with Gasteiger partial charge in [0.15, 0.2) is 0 Å². The van der Waals surface area contributed by atoms with Gasteiger partial charge in [-0.15, -0.1) is 0 Å². The van der Waals surface area contributed by atoms with E-state index in [1.54, 1.807) is 13.1 Å². The molecule has 124 valence electrons. The van der Waals surface area contributed by atoms with Gasteiger partial charge in [-0.25, -0.2) is 4.79 Å². The topological polar surface area (TPSA) is 114 Å². The summed E-state index contributed by atoms with van der Waals surface area (Å²) >= 11 is 0. The van der Waals surface area contributed by atoms with Crippen molar-refractivity contribution in [2.45, 2.75) is 44.6 Å². The molecule has 8 heteroatoms. The Morgan fingerprint density at radius 1 is 1.45 bits per heavy atom. The first-order valence-corrected chi connectivity index (χ1v) is 7.34. The van der Waals surface area contributed by atoms with Crippen LogP contribution in [0.4, 0.5) is 0 Å². The smallest absolute Gasteiger partial charge is 0.352 e. The normalized spacial score (nSPS) is 24.6. The van der Waals surface area contributed by atoms with Gasteiger partial charge in [-0.2, -0.15) is 4.98 Å². The zero-order valence-corrected chi connectivity index (χ0v) is 12.5. The second-order valence-corrected chi connectivity index (χ2v) is 5.31. The van der Waals surface area contributed by atoms with Gasteiger partial charge in [-0.1, -0.05) is 0 Å². The SMILES string of the molecule is Cc1cn([C@H]2C[C@H](O)[C@@H](CO)O2)c(=O)nc1OCCCCO. The van der Waals surface area contributed by atoms with Crippen molar-refractivity contribution in [2.75, 3.05) is 19.8 Å². The second-order valence-electron chi connectivity index (χ2n) is 5.31. The zero-order valence-electron chi connectivity index (χ0n) is 12.5. The van der Waals surface area contributed by atoms with E-state index in [4.69, 9.17) is 19.7 Å². The molecule has 1 aromatic heterocycles. The van der Waals surface area contributed by atoms with Crippen LogP contribution in [0.1, 0.15) is 31.1 Å². The molecule has 2 heterocycles. The number of aromatic nitrogens is 2. The summed E-state index contributed by atoms with van der Waals surface area (Å²) in [5.41, 5.74) is 0.146. The molecule has 1 aliphatic heterocycles. The van der Waals surface area contributed by atoms with Crippen LogP contribution in [0.3, 0.4) is 0 Å². The molecule has 0 saturated carbocycles. The summed E-state index contributed by atoms with van der Waals surface area (Å²) < 4.78 is 12.2. The number of unbranched alkanes of at least 4 members (excludes halogenated alkanes) is 1. The Labute approximate surface area is 127 Å². The van der Waals surface area contributed by atoms with Crippen molar-refractivity contribution in [1.29, 1.82) is 0 Å². The number of aliphatic hydroxyl groups excluding tert-OH is 3. The maximum absolute atomic E-state index is 12.1. The minimum atomic E-state index is -0.809. The van der Waals surface area contributed by atoms with Crippen molar-refractivity contribution in [1.82, 2.24) is 9.55 Å². The van der Waals surface area contributed by atoms with Crippen molar-refractivity contribution in [2.24, 2.45) is 0 Å². The van der Waals surface area contributed by atoms with E-state index in [9.17, 15) is 9.90 Å². The van der Waals surface area contributed by atoms with Crippen molar-refractivity contribution in [3.63, 3.8) is 0 Å². The van der Waals surface area contributed by atoms with Crippen LogP contribution in [0.15, 0.2) is 11.0 Å². The Kier molecular flexibility index (Phi) is 5.90. The Bertz CT molecular complexity index is 547. The third-order valence-electron chi connectivity index (χ3n) is 3.57. The van der Waals surface area contributed by atoms with Crippen LogP contribution in [0.25, 0.3) is 0 Å². The summed E-state index contributed by atoms with van der Waals surface area (Å²) in [6, 6.07) is 0. The Morgan fingerprint density at radius 2 is 2.23 bits per heavy atom. The molecule has 0 radical (unpaired) electrons. The van der Waals surface area contributed by atoms with Gasteiger partial charge in [0.05, 0.1) is 19.3 Å².